The van der Waals surface area contributed by atoms with Gasteiger partial charge in [-0.05, 0) is 62.8 Å². The van der Waals surface area contributed by atoms with Gasteiger partial charge >= 0.3 is 0 Å². The predicted octanol–water partition coefficient (Wildman–Crippen LogP) is 4.38. The third-order valence-corrected chi connectivity index (χ3v) is 9.40. The Morgan fingerprint density at radius 2 is 1.75 bits per heavy atom. The van der Waals surface area contributed by atoms with Crippen LogP contribution in [0, 0.1) is 12.8 Å². The minimum atomic E-state index is -4.08. The van der Waals surface area contributed by atoms with Crippen molar-refractivity contribution in [2.75, 3.05) is 0 Å². The van der Waals surface area contributed by atoms with E-state index in [-0.39, 0.29) is 22.9 Å². The lowest BCUT2D eigenvalue weighted by molar-refractivity contribution is -0.127. The SMILES string of the molecule is CCC(C(=O)C(C)(CC1C(=O)CCCC1N)S(=O)(=O)c1ccccc1)c1ccccc1C. The van der Waals surface area contributed by atoms with Gasteiger partial charge in [0, 0.05) is 24.3 Å². The molecule has 6 heteroatoms. The van der Waals surface area contributed by atoms with Gasteiger partial charge in [0.2, 0.25) is 0 Å². The van der Waals surface area contributed by atoms with Gasteiger partial charge in [-0.25, -0.2) is 8.42 Å². The van der Waals surface area contributed by atoms with Crippen LogP contribution in [0.5, 0.6) is 0 Å². The summed E-state index contributed by atoms with van der Waals surface area (Å²) in [6, 6.07) is 15.2. The second-order valence-corrected chi connectivity index (χ2v) is 11.4. The molecule has 4 atom stereocenters. The number of benzene rings is 2. The number of sulfone groups is 1. The minimum Gasteiger partial charge on any atom is -0.327 e. The smallest absolute Gasteiger partial charge is 0.190 e. The van der Waals surface area contributed by atoms with E-state index in [2.05, 4.69) is 0 Å². The molecule has 172 valence electrons. The van der Waals surface area contributed by atoms with E-state index in [1.54, 1.807) is 18.2 Å². The third kappa shape index (κ3) is 4.44. The van der Waals surface area contributed by atoms with Gasteiger partial charge < -0.3 is 5.73 Å². The van der Waals surface area contributed by atoms with Gasteiger partial charge in [0.25, 0.3) is 0 Å². The van der Waals surface area contributed by atoms with Crippen LogP contribution in [0.1, 0.15) is 63.0 Å². The largest absolute Gasteiger partial charge is 0.327 e. The van der Waals surface area contributed by atoms with Crippen molar-refractivity contribution in [2.45, 2.75) is 74.5 Å². The lowest BCUT2D eigenvalue weighted by Gasteiger charge is -2.37. The first-order valence-electron chi connectivity index (χ1n) is 11.3. The molecule has 5 nitrogen and oxygen atoms in total. The Kier molecular flexibility index (Phi) is 7.36. The van der Waals surface area contributed by atoms with Crippen LogP contribution in [-0.2, 0) is 19.4 Å². The number of hydrogen-bond acceptors (Lipinski definition) is 5. The minimum absolute atomic E-state index is 0.0463. The summed E-state index contributed by atoms with van der Waals surface area (Å²) in [7, 11) is -4.08. The number of ketones is 2. The molecule has 4 unspecified atom stereocenters. The first-order valence-corrected chi connectivity index (χ1v) is 12.8. The van der Waals surface area contributed by atoms with Gasteiger partial charge in [0.15, 0.2) is 15.6 Å². The molecule has 1 aliphatic carbocycles. The van der Waals surface area contributed by atoms with Crippen molar-refractivity contribution < 1.29 is 18.0 Å². The molecule has 0 saturated heterocycles. The molecule has 3 rings (SSSR count). The highest BCUT2D eigenvalue weighted by molar-refractivity contribution is 7.93. The molecule has 2 aromatic carbocycles. The number of nitrogens with two attached hydrogens (primary N) is 1. The molecule has 1 saturated carbocycles. The highest BCUT2D eigenvalue weighted by Gasteiger charge is 2.52. The fourth-order valence-electron chi connectivity index (χ4n) is 4.92. The Labute approximate surface area is 191 Å². The van der Waals surface area contributed by atoms with Crippen molar-refractivity contribution in [3.8, 4) is 0 Å². The van der Waals surface area contributed by atoms with E-state index in [0.717, 1.165) is 11.1 Å². The van der Waals surface area contributed by atoms with Crippen molar-refractivity contribution in [3.05, 3.63) is 65.7 Å². The summed E-state index contributed by atoms with van der Waals surface area (Å²) in [6.45, 7) is 5.31. The summed E-state index contributed by atoms with van der Waals surface area (Å²) < 4.78 is 26.1. The topological polar surface area (TPSA) is 94.3 Å². The first kappa shape index (κ1) is 24.3. The number of carbonyl (C=O) groups excluding carboxylic acids is 2. The molecule has 0 bridgehead atoms. The highest BCUT2D eigenvalue weighted by Crippen LogP contribution is 2.41. The Morgan fingerprint density at radius 1 is 1.12 bits per heavy atom. The van der Waals surface area contributed by atoms with Crippen molar-refractivity contribution in [2.24, 2.45) is 11.7 Å². The summed E-state index contributed by atoms with van der Waals surface area (Å²) >= 11 is 0. The van der Waals surface area contributed by atoms with Crippen molar-refractivity contribution in [1.29, 1.82) is 0 Å². The fraction of sp³-hybridized carbons (Fsp3) is 0.462. The van der Waals surface area contributed by atoms with Crippen LogP contribution in [0.2, 0.25) is 0 Å². The molecule has 2 N–H and O–H groups in total. The third-order valence-electron chi connectivity index (χ3n) is 6.96. The Hall–Kier alpha value is -2.31. The summed E-state index contributed by atoms with van der Waals surface area (Å²) in [6.07, 6.45) is 2.11. The first-order chi connectivity index (χ1) is 15.1. The molecule has 2 aromatic rings. The molecular formula is C26H33NO4S. The molecule has 0 heterocycles. The molecule has 0 radical (unpaired) electrons. The number of Topliss-reactive ketones (excluding diaryl/α,β-unsaturated/α-hetero) is 2. The number of hydrogen-bond donors (Lipinski definition) is 1. The Bertz CT molecular complexity index is 1080. The van der Waals surface area contributed by atoms with Crippen LogP contribution in [0.3, 0.4) is 0 Å². The van der Waals surface area contributed by atoms with Crippen LogP contribution in [0.15, 0.2) is 59.5 Å². The molecule has 1 aliphatic rings. The molecule has 32 heavy (non-hydrogen) atoms. The molecule has 1 fully saturated rings. The van der Waals surface area contributed by atoms with Gasteiger partial charge in [-0.3, -0.25) is 9.59 Å². The Balaban J connectivity index is 2.14. The van der Waals surface area contributed by atoms with Gasteiger partial charge in [-0.1, -0.05) is 49.4 Å². The van der Waals surface area contributed by atoms with E-state index >= 15 is 0 Å². The summed E-state index contributed by atoms with van der Waals surface area (Å²) in [4.78, 5) is 27.0. The maximum Gasteiger partial charge on any atom is 0.190 e. The predicted molar refractivity (Wildman–Crippen MR) is 126 cm³/mol. The maximum absolute atomic E-state index is 14.1. The molecular weight excluding hydrogens is 422 g/mol. The van der Waals surface area contributed by atoms with Gasteiger partial charge in [0.1, 0.15) is 10.5 Å². The molecule has 0 amide bonds. The summed E-state index contributed by atoms with van der Waals surface area (Å²) in [5, 5.41) is 0. The average molecular weight is 456 g/mol. The lowest BCUT2D eigenvalue weighted by Crippen LogP contribution is -2.52. The zero-order valence-corrected chi connectivity index (χ0v) is 19.9. The zero-order chi connectivity index (χ0) is 23.5. The second-order valence-electron chi connectivity index (χ2n) is 9.06. The van der Waals surface area contributed by atoms with Crippen molar-refractivity contribution in [3.63, 3.8) is 0 Å². The normalized spacial score (nSPS) is 22.2. The zero-order valence-electron chi connectivity index (χ0n) is 19.1. The fourth-order valence-corrected chi connectivity index (χ4v) is 6.76. The van der Waals surface area contributed by atoms with E-state index in [9.17, 15) is 18.0 Å². The number of aryl methyl sites for hydroxylation is 1. The van der Waals surface area contributed by atoms with Crippen LogP contribution in [0.4, 0.5) is 0 Å². The van der Waals surface area contributed by atoms with Crippen LogP contribution >= 0.6 is 0 Å². The maximum atomic E-state index is 14.1. The quantitative estimate of drug-likeness (QED) is 0.638. The highest BCUT2D eigenvalue weighted by atomic mass is 32.2. The van der Waals surface area contributed by atoms with Crippen LogP contribution in [0.25, 0.3) is 0 Å². The summed E-state index contributed by atoms with van der Waals surface area (Å²) in [5.41, 5.74) is 8.05. The summed E-state index contributed by atoms with van der Waals surface area (Å²) in [5.74, 6) is -1.65. The van der Waals surface area contributed by atoms with E-state index in [4.69, 9.17) is 5.73 Å². The molecule has 0 aliphatic heterocycles. The number of rotatable bonds is 8. The molecule has 0 spiro atoms. The van der Waals surface area contributed by atoms with E-state index in [0.29, 0.717) is 25.7 Å². The number of carbonyl (C=O) groups is 2. The lowest BCUT2D eigenvalue weighted by atomic mass is 9.75. The van der Waals surface area contributed by atoms with Gasteiger partial charge in [-0.2, -0.15) is 0 Å². The monoisotopic (exact) mass is 455 g/mol. The van der Waals surface area contributed by atoms with E-state index in [1.165, 1.54) is 19.1 Å². The van der Waals surface area contributed by atoms with Crippen LogP contribution in [-0.4, -0.2) is 30.8 Å². The van der Waals surface area contributed by atoms with Crippen molar-refractivity contribution in [1.82, 2.24) is 0 Å². The average Bonchev–Trinajstić information content (AvgIpc) is 2.78. The van der Waals surface area contributed by atoms with Gasteiger partial charge in [-0.15, -0.1) is 0 Å². The molecule has 0 aromatic heterocycles. The van der Waals surface area contributed by atoms with Crippen molar-refractivity contribution >= 4 is 21.4 Å². The standard InChI is InChI=1S/C26H33NO4S/c1-4-20(21-14-9-8-11-18(21)2)25(29)26(3,17-22-23(27)15-10-16-24(22)28)32(30,31)19-12-6-5-7-13-19/h5-9,11-14,20,22-23H,4,10,15-17,27H2,1-3H3. The van der Waals surface area contributed by atoms with Gasteiger partial charge in [0.05, 0.1) is 4.90 Å². The van der Waals surface area contributed by atoms with E-state index < -0.39 is 32.5 Å². The van der Waals surface area contributed by atoms with E-state index in [1.807, 2.05) is 38.1 Å². The second kappa shape index (κ2) is 9.67. The Morgan fingerprint density at radius 3 is 2.34 bits per heavy atom. The van der Waals surface area contributed by atoms with Crippen LogP contribution < -0.4 is 5.73 Å².